The van der Waals surface area contributed by atoms with Crippen molar-refractivity contribution in [3.63, 3.8) is 0 Å². The van der Waals surface area contributed by atoms with E-state index in [1.165, 1.54) is 89.5 Å². The van der Waals surface area contributed by atoms with Crippen LogP contribution < -0.4 is 86.2 Å². The number of benzene rings is 5. The topological polar surface area (TPSA) is 35.2 Å². The molecule has 0 spiro atoms. The quantitative estimate of drug-likeness (QED) is 0.105. The average Bonchev–Trinajstić information content (AvgIpc) is 4.26. The highest BCUT2D eigenvalue weighted by atomic mass is 79.9. The van der Waals surface area contributed by atoms with Gasteiger partial charge in [0, 0.05) is 66.8 Å². The number of halogens is 4. The molecule has 0 bridgehead atoms. The molecule has 9 aromatic rings. The summed E-state index contributed by atoms with van der Waals surface area (Å²) < 4.78 is 19.0. The summed E-state index contributed by atoms with van der Waals surface area (Å²) in [4.78, 5) is 0. The van der Waals surface area contributed by atoms with Gasteiger partial charge in [-0.05, 0) is 59.5 Å². The fourth-order valence-electron chi connectivity index (χ4n) is 11.9. The highest BCUT2D eigenvalue weighted by Crippen LogP contribution is 2.35. The number of rotatable bonds is 20. The van der Waals surface area contributed by atoms with E-state index >= 15 is 0 Å². The van der Waals surface area contributed by atoms with Crippen molar-refractivity contribution in [3.8, 4) is 22.7 Å². The van der Waals surface area contributed by atoms with E-state index in [4.69, 9.17) is 0 Å². The zero-order valence-electron chi connectivity index (χ0n) is 51.5. The van der Waals surface area contributed by atoms with Gasteiger partial charge < -0.3 is 67.9 Å². The Morgan fingerprint density at radius 2 is 0.427 bits per heavy atom. The van der Waals surface area contributed by atoms with Crippen LogP contribution in [0, 0.1) is 0 Å². The monoisotopic (exact) mass is 1360 g/mol. The predicted molar refractivity (Wildman–Crippen MR) is 319 cm³/mol. The van der Waals surface area contributed by atoms with Gasteiger partial charge in [0.1, 0.15) is 98.5 Å². The molecule has 0 aliphatic rings. The molecule has 0 radical (unpaired) electrons. The molecule has 0 atom stereocenters. The minimum absolute atomic E-state index is 0. The van der Waals surface area contributed by atoms with Crippen LogP contribution in [0.5, 0.6) is 0 Å². The zero-order chi connectivity index (χ0) is 55.7. The van der Waals surface area contributed by atoms with Gasteiger partial charge >= 0.3 is 0 Å². The molecule has 0 saturated heterocycles. The third kappa shape index (κ3) is 14.7. The summed E-state index contributed by atoms with van der Waals surface area (Å²) in [5, 5.41) is 0. The van der Waals surface area contributed by atoms with Gasteiger partial charge in [-0.15, -0.1) is 0 Å². The Morgan fingerprint density at radius 3 is 0.573 bits per heavy atom. The van der Waals surface area contributed by atoms with E-state index in [2.05, 4.69) is 307 Å². The normalized spacial score (nSPS) is 11.6. The summed E-state index contributed by atoms with van der Waals surface area (Å²) in [5.41, 5.74) is 21.4. The second-order valence-electron chi connectivity index (χ2n) is 24.7. The lowest BCUT2D eigenvalue weighted by atomic mass is 9.92. The van der Waals surface area contributed by atoms with Gasteiger partial charge in [0.25, 0.3) is 0 Å². The fraction of sp³-hybridized carbons (Fsp3) is 0.400. The van der Waals surface area contributed by atoms with Crippen molar-refractivity contribution >= 4 is 0 Å². The second-order valence-corrected chi connectivity index (χ2v) is 24.7. The number of hydrogen-bond donors (Lipinski definition) is 0. The molecular formula is C70H90Br4N8. The highest BCUT2D eigenvalue weighted by Gasteiger charge is 2.27. The molecule has 5 aromatic carbocycles. The van der Waals surface area contributed by atoms with Crippen LogP contribution in [0.25, 0.3) is 22.7 Å². The third-order valence-corrected chi connectivity index (χ3v) is 16.1. The molecule has 82 heavy (non-hydrogen) atoms. The van der Waals surface area contributed by atoms with E-state index in [1.807, 2.05) is 0 Å². The molecule has 9 rings (SSSR count). The van der Waals surface area contributed by atoms with Gasteiger partial charge in [-0.1, -0.05) is 184 Å². The van der Waals surface area contributed by atoms with Crippen LogP contribution in [-0.2, 0) is 26.2 Å². The van der Waals surface area contributed by atoms with Crippen LogP contribution in [0.2, 0.25) is 0 Å². The molecule has 438 valence electrons. The molecule has 0 unspecified atom stereocenters. The molecule has 0 N–H and O–H groups in total. The summed E-state index contributed by atoms with van der Waals surface area (Å²) in [6.07, 6.45) is 27.4. The highest BCUT2D eigenvalue weighted by molar-refractivity contribution is 5.54. The molecular weight excluding hydrogens is 1270 g/mol. The minimum Gasteiger partial charge on any atom is -1.00 e. The summed E-state index contributed by atoms with van der Waals surface area (Å²) in [5.74, 6) is 3.15. The molecule has 4 heterocycles. The largest absolute Gasteiger partial charge is 1.00 e. The maximum Gasteiger partial charge on any atom is 0.249 e. The lowest BCUT2D eigenvalue weighted by molar-refractivity contribution is -0.694. The van der Waals surface area contributed by atoms with E-state index < -0.39 is 0 Å². The Hall–Kier alpha value is -5.14. The summed E-state index contributed by atoms with van der Waals surface area (Å²) >= 11 is 0. The molecule has 4 aromatic heterocycles. The number of hydrogen-bond acceptors (Lipinski definition) is 0. The first-order valence-electron chi connectivity index (χ1n) is 29.2. The minimum atomic E-state index is 0. The van der Waals surface area contributed by atoms with Crippen LogP contribution in [-0.4, -0.2) is 18.3 Å². The first-order valence-corrected chi connectivity index (χ1v) is 29.2. The second kappa shape index (κ2) is 29.1. The third-order valence-electron chi connectivity index (χ3n) is 16.1. The van der Waals surface area contributed by atoms with Crippen molar-refractivity contribution in [3.05, 3.63) is 227 Å². The maximum atomic E-state index is 2.54. The van der Waals surface area contributed by atoms with E-state index in [0.717, 1.165) is 26.2 Å². The summed E-state index contributed by atoms with van der Waals surface area (Å²) in [6.45, 7) is 39.9. The van der Waals surface area contributed by atoms with Crippen LogP contribution >= 0.6 is 0 Å². The molecule has 0 saturated carbocycles. The Morgan fingerprint density at radius 1 is 0.268 bits per heavy atom. The summed E-state index contributed by atoms with van der Waals surface area (Å²) in [6, 6.07) is 32.5. The molecule has 8 nitrogen and oxygen atoms in total. The van der Waals surface area contributed by atoms with Gasteiger partial charge in [-0.25, -0.2) is 36.5 Å². The Bertz CT molecular complexity index is 2970. The van der Waals surface area contributed by atoms with Gasteiger partial charge in [0.05, 0.1) is 0 Å². The van der Waals surface area contributed by atoms with Gasteiger partial charge in [-0.3, -0.25) is 0 Å². The van der Waals surface area contributed by atoms with Crippen molar-refractivity contribution in [2.45, 2.75) is 184 Å². The lowest BCUT2D eigenvalue weighted by Crippen LogP contribution is -3.00. The first-order chi connectivity index (χ1) is 37.3. The van der Waals surface area contributed by atoms with E-state index in [-0.39, 0.29) is 67.9 Å². The molecule has 0 fully saturated rings. The zero-order valence-corrected chi connectivity index (χ0v) is 57.9. The van der Waals surface area contributed by atoms with E-state index in [0.29, 0.717) is 47.3 Å². The summed E-state index contributed by atoms with van der Waals surface area (Å²) in [7, 11) is 0. The van der Waals surface area contributed by atoms with E-state index in [9.17, 15) is 0 Å². The Labute approximate surface area is 534 Å². The van der Waals surface area contributed by atoms with Crippen molar-refractivity contribution in [1.82, 2.24) is 18.3 Å². The number of imidazole rings is 4. The first kappa shape index (κ1) is 67.6. The van der Waals surface area contributed by atoms with Gasteiger partial charge in [-0.2, -0.15) is 0 Å². The van der Waals surface area contributed by atoms with Gasteiger partial charge in [0.15, 0.2) is 0 Å². The lowest BCUT2D eigenvalue weighted by Gasteiger charge is -2.17. The molecule has 0 amide bonds. The Kier molecular flexibility index (Phi) is 24.0. The smallest absolute Gasteiger partial charge is 0.249 e. The van der Waals surface area contributed by atoms with Gasteiger partial charge in [0.2, 0.25) is 25.3 Å². The number of aromatic nitrogens is 8. The van der Waals surface area contributed by atoms with Crippen LogP contribution in [0.1, 0.15) is 225 Å². The molecule has 0 aliphatic heterocycles. The number of nitrogens with zero attached hydrogens (tertiary/aromatic N) is 8. The van der Waals surface area contributed by atoms with Crippen molar-refractivity contribution < 1.29 is 86.2 Å². The van der Waals surface area contributed by atoms with Crippen LogP contribution in [0.3, 0.4) is 0 Å². The van der Waals surface area contributed by atoms with E-state index in [1.54, 1.807) is 0 Å². The SMILES string of the molecule is CC(C)c1cccc(C(C)C)c1-n1cc[n+](Cc2cc(C[n+]3ccn(-c4c(C(C)C)cccc4C(C)C)c3)c(C[n+]3ccn(-c4c(C(C)C)cccc4C(C)C)c3)cc2C[n+]2ccn(-c3c(C(C)C)cccc3C(C)C)c2)c1.[Br-].[Br-].[Br-].[Br-]. The maximum absolute atomic E-state index is 2.54. The van der Waals surface area contributed by atoms with Crippen molar-refractivity contribution in [2.75, 3.05) is 0 Å². The van der Waals surface area contributed by atoms with Crippen LogP contribution in [0.15, 0.2) is 160 Å². The van der Waals surface area contributed by atoms with Crippen molar-refractivity contribution in [2.24, 2.45) is 0 Å². The standard InChI is InChI=1S/C70H90N8.4BrH/c1-47(2)59-21-17-22-60(48(3)4)67(59)75-33-29-71(43-75)39-55-37-57(41-73-31-35-77(45-73)69-63(51(9)10)25-19-26-64(69)52(11)12)58(42-74-32-36-78(46-74)70-65(53(13)14)27-20-28-66(70)54(15)16)38-56(55)40-72-30-34-76(44-72)68-61(49(5)6)23-18-24-62(68)50(7)8;;;;/h17-38,43-54H,39-42H2,1-16H3;4*1H/q+4;;;;/p-4. The number of para-hydroxylation sites is 4. The molecule has 12 heteroatoms. The molecule has 0 aliphatic carbocycles. The van der Waals surface area contributed by atoms with Crippen molar-refractivity contribution in [1.29, 1.82) is 0 Å². The fourth-order valence-corrected chi connectivity index (χ4v) is 11.9. The van der Waals surface area contributed by atoms with Crippen LogP contribution in [0.4, 0.5) is 0 Å². The average molecular weight is 1360 g/mol. The predicted octanol–water partition coefficient (Wildman–Crippen LogP) is 3.20. The Balaban J connectivity index is 0.00000308.